The molecule has 0 aliphatic carbocycles. The van der Waals surface area contributed by atoms with E-state index >= 15 is 0 Å². The van der Waals surface area contributed by atoms with Gasteiger partial charge in [-0.25, -0.2) is 0 Å². The SMILES string of the molecule is CCc1ccc(CNc2cc(C)nc(C)c2C(N)=S)cc1. The summed E-state index contributed by atoms with van der Waals surface area (Å²) in [5.74, 6) is 0. The molecule has 0 saturated heterocycles. The van der Waals surface area contributed by atoms with Crippen LogP contribution in [0.25, 0.3) is 0 Å². The van der Waals surface area contributed by atoms with Gasteiger partial charge in [-0.3, -0.25) is 4.98 Å². The fourth-order valence-electron chi connectivity index (χ4n) is 2.37. The van der Waals surface area contributed by atoms with Gasteiger partial charge in [-0.15, -0.1) is 0 Å². The molecule has 0 aliphatic rings. The van der Waals surface area contributed by atoms with E-state index in [4.69, 9.17) is 18.0 Å². The number of aryl methyl sites for hydroxylation is 3. The maximum atomic E-state index is 5.82. The smallest absolute Gasteiger partial charge is 0.107 e. The Labute approximate surface area is 131 Å². The van der Waals surface area contributed by atoms with Crippen LogP contribution in [0.1, 0.15) is 35.0 Å². The van der Waals surface area contributed by atoms with E-state index in [1.54, 1.807) is 0 Å². The number of rotatable bonds is 5. The Morgan fingerprint density at radius 2 is 1.81 bits per heavy atom. The summed E-state index contributed by atoms with van der Waals surface area (Å²) in [4.78, 5) is 4.80. The lowest BCUT2D eigenvalue weighted by atomic mass is 10.1. The number of nitrogens with zero attached hydrogens (tertiary/aromatic N) is 1. The van der Waals surface area contributed by atoms with E-state index in [9.17, 15) is 0 Å². The monoisotopic (exact) mass is 299 g/mol. The van der Waals surface area contributed by atoms with Crippen LogP contribution in [0.3, 0.4) is 0 Å². The van der Waals surface area contributed by atoms with Gasteiger partial charge in [-0.05, 0) is 37.5 Å². The standard InChI is InChI=1S/C17H21N3S/c1-4-13-5-7-14(8-6-13)10-19-15-9-11(2)20-12(3)16(15)17(18)21/h5-9H,4,10H2,1-3H3,(H2,18,21)(H,19,20). The first-order chi connectivity index (χ1) is 10.0. The third-order valence-electron chi connectivity index (χ3n) is 3.49. The number of hydrogen-bond acceptors (Lipinski definition) is 3. The average molecular weight is 299 g/mol. The van der Waals surface area contributed by atoms with E-state index in [0.29, 0.717) is 4.99 Å². The molecular formula is C17H21N3S. The normalized spacial score (nSPS) is 10.4. The fraction of sp³-hybridized carbons (Fsp3) is 0.294. The molecule has 2 aromatic rings. The summed E-state index contributed by atoms with van der Waals surface area (Å²) in [5, 5.41) is 3.42. The van der Waals surface area contributed by atoms with Crippen LogP contribution >= 0.6 is 12.2 Å². The van der Waals surface area contributed by atoms with E-state index in [1.807, 2.05) is 19.9 Å². The Hall–Kier alpha value is -1.94. The number of aromatic nitrogens is 1. The van der Waals surface area contributed by atoms with Crippen molar-refractivity contribution in [2.45, 2.75) is 33.7 Å². The van der Waals surface area contributed by atoms with Crippen LogP contribution in [0.4, 0.5) is 5.69 Å². The van der Waals surface area contributed by atoms with Crippen molar-refractivity contribution >= 4 is 22.9 Å². The lowest BCUT2D eigenvalue weighted by molar-refractivity contribution is 1.08. The molecule has 21 heavy (non-hydrogen) atoms. The number of benzene rings is 1. The summed E-state index contributed by atoms with van der Waals surface area (Å²) < 4.78 is 0. The summed E-state index contributed by atoms with van der Waals surface area (Å²) in [6.45, 7) is 6.80. The van der Waals surface area contributed by atoms with Crippen LogP contribution in [0.2, 0.25) is 0 Å². The summed E-state index contributed by atoms with van der Waals surface area (Å²) in [6.07, 6.45) is 1.06. The van der Waals surface area contributed by atoms with Gasteiger partial charge in [0, 0.05) is 23.6 Å². The third-order valence-corrected chi connectivity index (χ3v) is 3.69. The maximum absolute atomic E-state index is 5.82. The zero-order valence-corrected chi connectivity index (χ0v) is 13.6. The molecule has 4 heteroatoms. The van der Waals surface area contributed by atoms with Crippen LogP contribution in [-0.2, 0) is 13.0 Å². The van der Waals surface area contributed by atoms with Crippen LogP contribution < -0.4 is 11.1 Å². The van der Waals surface area contributed by atoms with Crippen LogP contribution in [0.5, 0.6) is 0 Å². The van der Waals surface area contributed by atoms with Gasteiger partial charge < -0.3 is 11.1 Å². The number of thiocarbonyl (C=S) groups is 1. The van der Waals surface area contributed by atoms with Crippen molar-refractivity contribution in [3.05, 3.63) is 58.4 Å². The Kier molecular flexibility index (Phi) is 4.91. The summed E-state index contributed by atoms with van der Waals surface area (Å²) in [7, 11) is 0. The van der Waals surface area contributed by atoms with E-state index in [1.165, 1.54) is 11.1 Å². The highest BCUT2D eigenvalue weighted by atomic mass is 32.1. The second-order valence-electron chi connectivity index (χ2n) is 5.16. The van der Waals surface area contributed by atoms with Crippen LogP contribution in [-0.4, -0.2) is 9.97 Å². The molecule has 1 heterocycles. The number of hydrogen-bond donors (Lipinski definition) is 2. The van der Waals surface area contributed by atoms with Gasteiger partial charge in [0.05, 0.1) is 5.56 Å². The number of nitrogens with two attached hydrogens (primary N) is 1. The lowest BCUT2D eigenvalue weighted by Gasteiger charge is -2.14. The molecule has 1 aromatic carbocycles. The second kappa shape index (κ2) is 6.68. The predicted molar refractivity (Wildman–Crippen MR) is 92.7 cm³/mol. The third kappa shape index (κ3) is 3.79. The Balaban J connectivity index is 2.20. The van der Waals surface area contributed by atoms with Crippen molar-refractivity contribution in [1.82, 2.24) is 4.98 Å². The molecule has 0 saturated carbocycles. The molecule has 0 radical (unpaired) electrons. The molecule has 3 nitrogen and oxygen atoms in total. The van der Waals surface area contributed by atoms with Crippen LogP contribution in [0.15, 0.2) is 30.3 Å². The van der Waals surface area contributed by atoms with Crippen molar-refractivity contribution in [2.75, 3.05) is 5.32 Å². The van der Waals surface area contributed by atoms with Gasteiger partial charge in [0.1, 0.15) is 4.99 Å². The summed E-state index contributed by atoms with van der Waals surface area (Å²) in [5.41, 5.74) is 12.0. The zero-order valence-electron chi connectivity index (χ0n) is 12.7. The molecular weight excluding hydrogens is 278 g/mol. The van der Waals surface area contributed by atoms with E-state index in [0.717, 1.165) is 35.6 Å². The average Bonchev–Trinajstić information content (AvgIpc) is 2.44. The number of nitrogens with one attached hydrogen (secondary N) is 1. The van der Waals surface area contributed by atoms with Gasteiger partial charge in [-0.2, -0.15) is 0 Å². The molecule has 0 fully saturated rings. The van der Waals surface area contributed by atoms with Crippen molar-refractivity contribution in [3.8, 4) is 0 Å². The minimum absolute atomic E-state index is 0.379. The molecule has 0 amide bonds. The number of pyridine rings is 1. The topological polar surface area (TPSA) is 50.9 Å². The Bertz CT molecular complexity index is 648. The lowest BCUT2D eigenvalue weighted by Crippen LogP contribution is -2.16. The second-order valence-corrected chi connectivity index (χ2v) is 5.60. The van der Waals surface area contributed by atoms with Gasteiger partial charge in [0.25, 0.3) is 0 Å². The highest BCUT2D eigenvalue weighted by Crippen LogP contribution is 2.20. The predicted octanol–water partition coefficient (Wildman–Crippen LogP) is 3.51. The van der Waals surface area contributed by atoms with Gasteiger partial charge in [-0.1, -0.05) is 43.4 Å². The molecule has 0 spiro atoms. The largest absolute Gasteiger partial charge is 0.389 e. The fourth-order valence-corrected chi connectivity index (χ4v) is 2.63. The Morgan fingerprint density at radius 1 is 1.19 bits per heavy atom. The van der Waals surface area contributed by atoms with Crippen molar-refractivity contribution < 1.29 is 0 Å². The highest BCUT2D eigenvalue weighted by Gasteiger charge is 2.10. The van der Waals surface area contributed by atoms with E-state index < -0.39 is 0 Å². The van der Waals surface area contributed by atoms with Gasteiger partial charge in [0.2, 0.25) is 0 Å². The first-order valence-electron chi connectivity index (χ1n) is 7.11. The first-order valence-corrected chi connectivity index (χ1v) is 7.51. The molecule has 2 rings (SSSR count). The van der Waals surface area contributed by atoms with Crippen molar-refractivity contribution in [2.24, 2.45) is 5.73 Å². The summed E-state index contributed by atoms with van der Waals surface area (Å²) in [6, 6.07) is 10.6. The zero-order chi connectivity index (χ0) is 15.4. The molecule has 1 aromatic heterocycles. The van der Waals surface area contributed by atoms with E-state index in [2.05, 4.69) is 41.5 Å². The first kappa shape index (κ1) is 15.4. The highest BCUT2D eigenvalue weighted by molar-refractivity contribution is 7.80. The Morgan fingerprint density at radius 3 is 2.38 bits per heavy atom. The van der Waals surface area contributed by atoms with Gasteiger partial charge >= 0.3 is 0 Å². The van der Waals surface area contributed by atoms with E-state index in [-0.39, 0.29) is 0 Å². The molecule has 110 valence electrons. The molecule has 0 bridgehead atoms. The summed E-state index contributed by atoms with van der Waals surface area (Å²) >= 11 is 5.14. The quantitative estimate of drug-likeness (QED) is 0.830. The molecule has 0 aliphatic heterocycles. The number of anilines is 1. The van der Waals surface area contributed by atoms with Crippen molar-refractivity contribution in [3.63, 3.8) is 0 Å². The van der Waals surface area contributed by atoms with Gasteiger partial charge in [0.15, 0.2) is 0 Å². The molecule has 0 atom stereocenters. The van der Waals surface area contributed by atoms with Crippen molar-refractivity contribution in [1.29, 1.82) is 0 Å². The minimum atomic E-state index is 0.379. The minimum Gasteiger partial charge on any atom is -0.389 e. The molecule has 0 unspecified atom stereocenters. The maximum Gasteiger partial charge on any atom is 0.107 e. The molecule has 3 N–H and O–H groups in total. The van der Waals surface area contributed by atoms with Crippen LogP contribution in [0, 0.1) is 13.8 Å².